The molecular weight excluding hydrogens is 507 g/mol. The molecule has 2 atom stereocenters. The van der Waals surface area contributed by atoms with E-state index in [1.54, 1.807) is 20.8 Å². The van der Waals surface area contributed by atoms with Gasteiger partial charge in [0.05, 0.1) is 12.6 Å². The number of carbonyl (C=O) groups excluding carboxylic acids is 2. The van der Waals surface area contributed by atoms with Gasteiger partial charge >= 0.3 is 5.97 Å². The lowest BCUT2D eigenvalue weighted by atomic mass is 9.99. The molecule has 4 N–H and O–H groups in total. The van der Waals surface area contributed by atoms with Crippen molar-refractivity contribution < 1.29 is 14.3 Å². The zero-order chi connectivity index (χ0) is 22.8. The van der Waals surface area contributed by atoms with Crippen LogP contribution in [0.1, 0.15) is 31.9 Å². The molecule has 7 nitrogen and oxygen atoms in total. The zero-order valence-electron chi connectivity index (χ0n) is 18.0. The molecule has 0 saturated heterocycles. The summed E-state index contributed by atoms with van der Waals surface area (Å²) in [6.45, 7) is 5.29. The van der Waals surface area contributed by atoms with E-state index in [-0.39, 0.29) is 12.5 Å². The number of nitrogens with zero attached hydrogens (tertiary/aromatic N) is 1. The normalized spacial score (nSPS) is 13.4. The van der Waals surface area contributed by atoms with Crippen molar-refractivity contribution in [2.24, 2.45) is 10.9 Å². The molecule has 2 aromatic rings. The van der Waals surface area contributed by atoms with Crippen molar-refractivity contribution >= 4 is 40.3 Å². The summed E-state index contributed by atoms with van der Waals surface area (Å²) < 4.78 is 6.00. The molecule has 0 aromatic heterocycles. The summed E-state index contributed by atoms with van der Waals surface area (Å²) in [4.78, 5) is 24.8. The number of amidine groups is 1. The van der Waals surface area contributed by atoms with Crippen LogP contribution in [0.25, 0.3) is 11.1 Å². The third-order valence-electron chi connectivity index (χ3n) is 4.71. The average molecular weight is 536 g/mol. The largest absolute Gasteiger partial charge is 0.465 e. The van der Waals surface area contributed by atoms with Crippen molar-refractivity contribution in [3.05, 3.63) is 59.7 Å². The first-order chi connectivity index (χ1) is 14.9. The number of nitrogens with two attached hydrogens (primary N) is 1. The van der Waals surface area contributed by atoms with Crippen LogP contribution in [0.15, 0.2) is 53.6 Å². The highest BCUT2D eigenvalue weighted by Gasteiger charge is 2.25. The van der Waals surface area contributed by atoms with E-state index in [2.05, 4.69) is 62.6 Å². The maximum absolute atomic E-state index is 12.7. The minimum Gasteiger partial charge on any atom is -0.465 e. The standard InChI is InChI=1S/C23H29IN4O3/c1-4-31-23(30)15(2)26-21(22(29)27-16(3)28-25)13-17-8-10-19(11-9-17)20-7-5-6-18(12-20)14-24/h5-12,15,21,26H,4,13-14,25H2,1-3H3,(H,27,28,29)/t15-,21+/m0/s1. The van der Waals surface area contributed by atoms with Gasteiger partial charge in [-0.1, -0.05) is 71.1 Å². The van der Waals surface area contributed by atoms with E-state index in [4.69, 9.17) is 10.6 Å². The predicted molar refractivity (Wildman–Crippen MR) is 132 cm³/mol. The molecule has 8 heteroatoms. The van der Waals surface area contributed by atoms with Crippen molar-refractivity contribution in [3.8, 4) is 11.1 Å². The number of esters is 1. The third kappa shape index (κ3) is 7.62. The summed E-state index contributed by atoms with van der Waals surface area (Å²) in [5.74, 6) is 4.80. The molecule has 0 aliphatic rings. The van der Waals surface area contributed by atoms with Gasteiger partial charge in [-0.05, 0) is 49.4 Å². The van der Waals surface area contributed by atoms with Gasteiger partial charge in [-0.2, -0.15) is 5.10 Å². The number of alkyl halides is 1. The van der Waals surface area contributed by atoms with Crippen molar-refractivity contribution in [2.45, 2.75) is 43.7 Å². The summed E-state index contributed by atoms with van der Waals surface area (Å²) in [6.07, 6.45) is 0.390. The second-order valence-electron chi connectivity index (χ2n) is 7.13. The maximum atomic E-state index is 12.7. The van der Waals surface area contributed by atoms with Gasteiger partial charge in [0.15, 0.2) is 0 Å². The van der Waals surface area contributed by atoms with Crippen LogP contribution in [0.2, 0.25) is 0 Å². The molecule has 0 radical (unpaired) electrons. The fraction of sp³-hybridized carbons (Fsp3) is 0.348. The van der Waals surface area contributed by atoms with Crippen molar-refractivity contribution in [2.75, 3.05) is 6.61 Å². The van der Waals surface area contributed by atoms with Gasteiger partial charge in [0.1, 0.15) is 11.9 Å². The summed E-state index contributed by atoms with van der Waals surface area (Å²) in [5.41, 5.74) is 4.49. The smallest absolute Gasteiger partial charge is 0.322 e. The predicted octanol–water partition coefficient (Wildman–Crippen LogP) is 3.15. The molecule has 0 aliphatic heterocycles. The Morgan fingerprint density at radius 1 is 1.13 bits per heavy atom. The Morgan fingerprint density at radius 2 is 1.84 bits per heavy atom. The van der Waals surface area contributed by atoms with Crippen molar-refractivity contribution in [1.29, 1.82) is 0 Å². The van der Waals surface area contributed by atoms with Crippen LogP contribution < -0.4 is 16.5 Å². The first-order valence-electron chi connectivity index (χ1n) is 10.1. The number of hydrogen-bond acceptors (Lipinski definition) is 6. The lowest BCUT2D eigenvalue weighted by molar-refractivity contribution is -0.145. The van der Waals surface area contributed by atoms with Gasteiger partial charge < -0.3 is 15.9 Å². The molecule has 0 aliphatic carbocycles. The van der Waals surface area contributed by atoms with Gasteiger partial charge in [0.2, 0.25) is 5.91 Å². The number of ether oxygens (including phenoxy) is 1. The van der Waals surface area contributed by atoms with E-state index in [9.17, 15) is 9.59 Å². The second-order valence-corrected chi connectivity index (χ2v) is 7.89. The number of hydrogen-bond donors (Lipinski definition) is 3. The number of amides is 1. The SMILES string of the molecule is CCOC(=O)[C@H](C)N[C@H](Cc1ccc(-c2cccc(CI)c2)cc1)C(=O)N/C(C)=N/N. The lowest BCUT2D eigenvalue weighted by Gasteiger charge is -2.22. The van der Waals surface area contributed by atoms with Crippen molar-refractivity contribution in [1.82, 2.24) is 10.6 Å². The van der Waals surface area contributed by atoms with E-state index in [1.165, 1.54) is 5.56 Å². The zero-order valence-corrected chi connectivity index (χ0v) is 20.2. The quantitative estimate of drug-likeness (QED) is 0.0869. The Hall–Kier alpha value is -2.46. The van der Waals surface area contributed by atoms with E-state index in [0.717, 1.165) is 21.1 Å². The van der Waals surface area contributed by atoms with Crippen molar-refractivity contribution in [3.63, 3.8) is 0 Å². The Kier molecular flexibility index (Phi) is 9.93. The number of carbonyl (C=O) groups is 2. The first kappa shape index (κ1) is 24.8. The van der Waals surface area contributed by atoms with Crippen LogP contribution in [0, 0.1) is 0 Å². The van der Waals surface area contributed by atoms with Gasteiger partial charge in [0.25, 0.3) is 0 Å². The molecule has 0 heterocycles. The summed E-state index contributed by atoms with van der Waals surface area (Å²) >= 11 is 2.35. The number of hydrazone groups is 1. The van der Waals surface area contributed by atoms with E-state index < -0.39 is 18.1 Å². The van der Waals surface area contributed by atoms with E-state index >= 15 is 0 Å². The highest BCUT2D eigenvalue weighted by molar-refractivity contribution is 14.1. The minimum absolute atomic E-state index is 0.279. The average Bonchev–Trinajstić information content (AvgIpc) is 2.79. The number of nitrogens with one attached hydrogen (secondary N) is 2. The van der Waals surface area contributed by atoms with Crippen LogP contribution in [-0.2, 0) is 25.2 Å². The molecule has 1 amide bonds. The molecule has 0 saturated carbocycles. The van der Waals surface area contributed by atoms with Crippen LogP contribution in [0.4, 0.5) is 0 Å². The van der Waals surface area contributed by atoms with E-state index in [1.807, 2.05) is 24.3 Å². The summed E-state index contributed by atoms with van der Waals surface area (Å²) in [6, 6.07) is 15.2. The Balaban J connectivity index is 2.18. The first-order valence-corrected chi connectivity index (χ1v) is 11.6. The molecule has 31 heavy (non-hydrogen) atoms. The fourth-order valence-electron chi connectivity index (χ4n) is 3.07. The van der Waals surface area contributed by atoms with Crippen LogP contribution in [0.3, 0.4) is 0 Å². The third-order valence-corrected chi connectivity index (χ3v) is 5.59. The van der Waals surface area contributed by atoms with Gasteiger partial charge in [-0.25, -0.2) is 0 Å². The number of benzene rings is 2. The molecule has 2 rings (SSSR count). The van der Waals surface area contributed by atoms with Gasteiger partial charge in [0, 0.05) is 4.43 Å². The number of halogens is 1. The minimum atomic E-state index is -0.663. The topological polar surface area (TPSA) is 106 Å². The molecule has 0 bridgehead atoms. The summed E-state index contributed by atoms with van der Waals surface area (Å²) in [5, 5.41) is 9.19. The number of rotatable bonds is 9. The Morgan fingerprint density at radius 3 is 2.45 bits per heavy atom. The Labute approximate surface area is 197 Å². The lowest BCUT2D eigenvalue weighted by Crippen LogP contribution is -2.52. The summed E-state index contributed by atoms with van der Waals surface area (Å²) in [7, 11) is 0. The fourth-order valence-corrected chi connectivity index (χ4v) is 3.54. The molecule has 166 valence electrons. The van der Waals surface area contributed by atoms with Gasteiger partial charge in [-0.3, -0.25) is 14.9 Å². The van der Waals surface area contributed by atoms with Crippen LogP contribution in [-0.4, -0.2) is 36.4 Å². The molecular formula is C23H29IN4O3. The molecule has 0 unspecified atom stereocenters. The monoisotopic (exact) mass is 536 g/mol. The maximum Gasteiger partial charge on any atom is 0.322 e. The highest BCUT2D eigenvalue weighted by Crippen LogP contribution is 2.22. The van der Waals surface area contributed by atoms with Crippen LogP contribution >= 0.6 is 22.6 Å². The molecule has 2 aromatic carbocycles. The highest BCUT2D eigenvalue weighted by atomic mass is 127. The van der Waals surface area contributed by atoms with E-state index in [0.29, 0.717) is 12.3 Å². The Bertz CT molecular complexity index is 915. The van der Waals surface area contributed by atoms with Gasteiger partial charge in [-0.15, -0.1) is 0 Å². The molecule has 0 spiro atoms. The van der Waals surface area contributed by atoms with Crippen LogP contribution in [0.5, 0.6) is 0 Å². The second kappa shape index (κ2) is 12.4. The molecule has 0 fully saturated rings.